The first kappa shape index (κ1) is 16.4. The van der Waals surface area contributed by atoms with Crippen LogP contribution in [0.1, 0.15) is 36.0 Å². The van der Waals surface area contributed by atoms with Crippen molar-refractivity contribution < 1.29 is 14.7 Å². The van der Waals surface area contributed by atoms with Gasteiger partial charge in [-0.05, 0) is 25.0 Å². The van der Waals surface area contributed by atoms with Gasteiger partial charge in [0.05, 0.1) is 17.7 Å². The van der Waals surface area contributed by atoms with Crippen molar-refractivity contribution in [2.45, 2.75) is 37.8 Å². The van der Waals surface area contributed by atoms with E-state index in [0.29, 0.717) is 5.56 Å². The Labute approximate surface area is 140 Å². The Bertz CT molecular complexity index is 741. The average molecular weight is 327 g/mol. The largest absolute Gasteiger partial charge is 0.394 e. The van der Waals surface area contributed by atoms with Crippen LogP contribution in [0.15, 0.2) is 36.5 Å². The molecule has 1 saturated carbocycles. The molecule has 0 saturated heterocycles. The van der Waals surface area contributed by atoms with Crippen molar-refractivity contribution in [1.29, 1.82) is 0 Å². The van der Waals surface area contributed by atoms with Crippen molar-refractivity contribution in [3.63, 3.8) is 0 Å². The third kappa shape index (κ3) is 3.71. The lowest BCUT2D eigenvalue weighted by Gasteiger charge is -2.19. The van der Waals surface area contributed by atoms with Crippen LogP contribution in [0.5, 0.6) is 0 Å². The summed E-state index contributed by atoms with van der Waals surface area (Å²) in [5, 5.41) is 15.8. The minimum Gasteiger partial charge on any atom is -0.394 e. The molecule has 3 rings (SSSR count). The van der Waals surface area contributed by atoms with E-state index in [0.717, 1.165) is 36.6 Å². The molecular formula is C18H21N3O3. The normalized spacial score (nSPS) is 16.0. The van der Waals surface area contributed by atoms with Crippen LogP contribution >= 0.6 is 0 Å². The van der Waals surface area contributed by atoms with Gasteiger partial charge in [-0.25, -0.2) is 0 Å². The smallest absolute Gasteiger partial charge is 0.253 e. The molecule has 126 valence electrons. The molecule has 0 radical (unpaired) electrons. The second kappa shape index (κ2) is 7.40. The summed E-state index contributed by atoms with van der Waals surface area (Å²) in [4.78, 5) is 28.8. The molecule has 6 nitrogen and oxygen atoms in total. The molecule has 24 heavy (non-hydrogen) atoms. The van der Waals surface area contributed by atoms with Crippen LogP contribution in [0.25, 0.3) is 10.9 Å². The highest BCUT2D eigenvalue weighted by Crippen LogP contribution is 2.17. The molecule has 0 bridgehead atoms. The van der Waals surface area contributed by atoms with E-state index in [1.807, 2.05) is 24.3 Å². The number of nitrogens with zero attached hydrogens (tertiary/aromatic N) is 1. The Morgan fingerprint density at radius 1 is 1.25 bits per heavy atom. The lowest BCUT2D eigenvalue weighted by molar-refractivity contribution is -0.124. The highest BCUT2D eigenvalue weighted by molar-refractivity contribution is 5.99. The van der Waals surface area contributed by atoms with E-state index in [4.69, 9.17) is 0 Å². The maximum absolute atomic E-state index is 12.4. The van der Waals surface area contributed by atoms with Gasteiger partial charge in [0.15, 0.2) is 0 Å². The first-order valence-corrected chi connectivity index (χ1v) is 8.24. The zero-order valence-electron chi connectivity index (χ0n) is 13.4. The van der Waals surface area contributed by atoms with Gasteiger partial charge < -0.3 is 15.7 Å². The monoisotopic (exact) mass is 327 g/mol. The SMILES string of the molecule is O=C(N[C@@H](CO)C(=O)NC1CCCC1)c1cnc2ccccc2c1. The number of benzene rings is 1. The Morgan fingerprint density at radius 3 is 2.75 bits per heavy atom. The van der Waals surface area contributed by atoms with Crippen LogP contribution < -0.4 is 10.6 Å². The number of fused-ring (bicyclic) bond motifs is 1. The summed E-state index contributed by atoms with van der Waals surface area (Å²) in [6.07, 6.45) is 5.58. The number of para-hydroxylation sites is 1. The van der Waals surface area contributed by atoms with Gasteiger partial charge in [-0.1, -0.05) is 31.0 Å². The Balaban J connectivity index is 1.67. The number of hydrogen-bond acceptors (Lipinski definition) is 4. The van der Waals surface area contributed by atoms with Crippen LogP contribution in [-0.2, 0) is 4.79 Å². The molecule has 1 fully saturated rings. The minimum absolute atomic E-state index is 0.144. The van der Waals surface area contributed by atoms with Gasteiger partial charge in [0.25, 0.3) is 5.91 Å². The number of aliphatic hydroxyl groups excluding tert-OH is 1. The van der Waals surface area contributed by atoms with Crippen LogP contribution in [0, 0.1) is 0 Å². The number of carbonyl (C=O) groups is 2. The molecule has 1 aromatic carbocycles. The van der Waals surface area contributed by atoms with Gasteiger partial charge in [-0.3, -0.25) is 14.6 Å². The van der Waals surface area contributed by atoms with E-state index in [-0.39, 0.29) is 11.9 Å². The summed E-state index contributed by atoms with van der Waals surface area (Å²) >= 11 is 0. The lowest BCUT2D eigenvalue weighted by Crippen LogP contribution is -2.51. The molecule has 1 aliphatic rings. The zero-order chi connectivity index (χ0) is 16.9. The highest BCUT2D eigenvalue weighted by atomic mass is 16.3. The second-order valence-corrected chi connectivity index (χ2v) is 6.12. The van der Waals surface area contributed by atoms with E-state index in [1.54, 1.807) is 6.07 Å². The molecule has 1 heterocycles. The lowest BCUT2D eigenvalue weighted by atomic mass is 10.1. The summed E-state index contributed by atoms with van der Waals surface area (Å²) in [5.74, 6) is -0.764. The quantitative estimate of drug-likeness (QED) is 0.774. The Kier molecular flexibility index (Phi) is 5.05. The van der Waals surface area contributed by atoms with Crippen molar-refractivity contribution in [2.24, 2.45) is 0 Å². The summed E-state index contributed by atoms with van der Waals surface area (Å²) in [6.45, 7) is -0.439. The van der Waals surface area contributed by atoms with E-state index in [2.05, 4.69) is 15.6 Å². The molecule has 2 amide bonds. The molecule has 3 N–H and O–H groups in total. The van der Waals surface area contributed by atoms with E-state index in [1.165, 1.54) is 6.20 Å². The number of aromatic nitrogens is 1. The molecule has 2 aromatic rings. The van der Waals surface area contributed by atoms with Gasteiger partial charge in [-0.15, -0.1) is 0 Å². The summed E-state index contributed by atoms with van der Waals surface area (Å²) in [6, 6.07) is 8.40. The number of hydrogen-bond donors (Lipinski definition) is 3. The molecular weight excluding hydrogens is 306 g/mol. The fourth-order valence-electron chi connectivity index (χ4n) is 3.00. The first-order valence-electron chi connectivity index (χ1n) is 8.24. The van der Waals surface area contributed by atoms with E-state index >= 15 is 0 Å². The number of carbonyl (C=O) groups excluding carboxylic acids is 2. The molecule has 1 aliphatic carbocycles. The molecule has 0 aliphatic heterocycles. The third-order valence-corrected chi connectivity index (χ3v) is 4.36. The van der Waals surface area contributed by atoms with Gasteiger partial charge in [0.1, 0.15) is 6.04 Å². The van der Waals surface area contributed by atoms with Crippen LogP contribution in [0.2, 0.25) is 0 Å². The Hall–Kier alpha value is -2.47. The molecule has 0 unspecified atom stereocenters. The topological polar surface area (TPSA) is 91.3 Å². The van der Waals surface area contributed by atoms with Crippen LogP contribution in [0.3, 0.4) is 0 Å². The second-order valence-electron chi connectivity index (χ2n) is 6.12. The number of rotatable bonds is 5. The third-order valence-electron chi connectivity index (χ3n) is 4.36. The van der Waals surface area contributed by atoms with Gasteiger partial charge in [0.2, 0.25) is 5.91 Å². The zero-order valence-corrected chi connectivity index (χ0v) is 13.4. The van der Waals surface area contributed by atoms with Crippen molar-refractivity contribution in [3.05, 3.63) is 42.1 Å². The van der Waals surface area contributed by atoms with Crippen LogP contribution in [0.4, 0.5) is 0 Å². The van der Waals surface area contributed by atoms with Gasteiger partial charge in [0, 0.05) is 17.6 Å². The van der Waals surface area contributed by atoms with Crippen molar-refractivity contribution in [1.82, 2.24) is 15.6 Å². The average Bonchev–Trinajstić information content (AvgIpc) is 3.11. The molecule has 1 atom stereocenters. The molecule has 6 heteroatoms. The Morgan fingerprint density at radius 2 is 2.00 bits per heavy atom. The predicted molar refractivity (Wildman–Crippen MR) is 90.5 cm³/mol. The van der Waals surface area contributed by atoms with Crippen molar-refractivity contribution in [3.8, 4) is 0 Å². The van der Waals surface area contributed by atoms with Gasteiger partial charge >= 0.3 is 0 Å². The summed E-state index contributed by atoms with van der Waals surface area (Å²) in [5.41, 5.74) is 1.16. The maximum atomic E-state index is 12.4. The minimum atomic E-state index is -0.954. The maximum Gasteiger partial charge on any atom is 0.253 e. The number of aliphatic hydroxyl groups is 1. The molecule has 1 aromatic heterocycles. The summed E-state index contributed by atoms with van der Waals surface area (Å²) in [7, 11) is 0. The summed E-state index contributed by atoms with van der Waals surface area (Å²) < 4.78 is 0. The number of amides is 2. The standard InChI is InChI=1S/C18H21N3O3/c22-11-16(18(24)20-14-6-2-3-7-14)21-17(23)13-9-12-5-1-4-8-15(12)19-10-13/h1,4-5,8-10,14,16,22H,2-3,6-7,11H2,(H,20,24)(H,21,23)/t16-/m0/s1. The fraction of sp³-hybridized carbons (Fsp3) is 0.389. The predicted octanol–water partition coefficient (Wildman–Crippen LogP) is 1.38. The molecule has 0 spiro atoms. The van der Waals surface area contributed by atoms with Crippen molar-refractivity contribution >= 4 is 22.7 Å². The van der Waals surface area contributed by atoms with E-state index in [9.17, 15) is 14.7 Å². The first-order chi connectivity index (χ1) is 11.7. The highest BCUT2D eigenvalue weighted by Gasteiger charge is 2.24. The fourth-order valence-corrected chi connectivity index (χ4v) is 3.00. The van der Waals surface area contributed by atoms with Crippen molar-refractivity contribution in [2.75, 3.05) is 6.61 Å². The number of pyridine rings is 1. The van der Waals surface area contributed by atoms with Gasteiger partial charge in [-0.2, -0.15) is 0 Å². The number of nitrogens with one attached hydrogen (secondary N) is 2. The van der Waals surface area contributed by atoms with Crippen LogP contribution in [-0.4, -0.2) is 40.6 Å². The van der Waals surface area contributed by atoms with E-state index < -0.39 is 18.6 Å².